The number of ether oxygens (including phenoxy) is 1. The van der Waals surface area contributed by atoms with E-state index in [1.54, 1.807) is 0 Å². The van der Waals surface area contributed by atoms with E-state index in [2.05, 4.69) is 0 Å². The Labute approximate surface area is 146 Å². The second kappa shape index (κ2) is 7.02. The number of hydrogen-bond acceptors (Lipinski definition) is 3. The summed E-state index contributed by atoms with van der Waals surface area (Å²) in [6.45, 7) is 1.24. The number of hydrogen-bond donors (Lipinski definition) is 1. The zero-order valence-electron chi connectivity index (χ0n) is 14.5. The van der Waals surface area contributed by atoms with E-state index in [1.165, 1.54) is 19.2 Å². The lowest BCUT2D eigenvalue weighted by Crippen LogP contribution is -2.40. The van der Waals surface area contributed by atoms with Crippen LogP contribution in [0, 0.1) is 11.2 Å². The van der Waals surface area contributed by atoms with Crippen LogP contribution < -0.4 is 4.74 Å². The van der Waals surface area contributed by atoms with Crippen LogP contribution in [0.15, 0.2) is 18.2 Å². The standard InChI is InChI=1S/C19H24FNO4/c1-25-16-8-14(7-15(20)9-16)13-3-2-6-21(12-13)17(22)10-19(4-5-19)11-18(23)24/h7-9,13H,2-6,10-12H2,1H3,(H,23,24). The maximum atomic E-state index is 13.8. The van der Waals surface area contributed by atoms with Gasteiger partial charge in [-0.1, -0.05) is 0 Å². The highest BCUT2D eigenvalue weighted by atomic mass is 19.1. The summed E-state index contributed by atoms with van der Waals surface area (Å²) in [4.78, 5) is 25.4. The molecule has 1 aliphatic carbocycles. The average molecular weight is 349 g/mol. The van der Waals surface area contributed by atoms with Crippen molar-refractivity contribution in [3.8, 4) is 5.75 Å². The molecule has 6 heteroatoms. The Morgan fingerprint density at radius 3 is 2.72 bits per heavy atom. The SMILES string of the molecule is COc1cc(F)cc(C2CCCN(C(=O)CC3(CC(=O)O)CC3)C2)c1. The van der Waals surface area contributed by atoms with Gasteiger partial charge in [-0.3, -0.25) is 9.59 Å². The van der Waals surface area contributed by atoms with Crippen molar-refractivity contribution in [1.82, 2.24) is 4.90 Å². The number of rotatable bonds is 6. The van der Waals surface area contributed by atoms with Crippen molar-refractivity contribution >= 4 is 11.9 Å². The van der Waals surface area contributed by atoms with Gasteiger partial charge in [0.2, 0.25) is 5.91 Å². The van der Waals surface area contributed by atoms with Gasteiger partial charge >= 0.3 is 5.97 Å². The van der Waals surface area contributed by atoms with E-state index < -0.39 is 5.97 Å². The van der Waals surface area contributed by atoms with Crippen LogP contribution >= 0.6 is 0 Å². The van der Waals surface area contributed by atoms with Crippen LogP contribution in [0.3, 0.4) is 0 Å². The maximum Gasteiger partial charge on any atom is 0.303 e. The summed E-state index contributed by atoms with van der Waals surface area (Å²) in [5.74, 6) is -0.592. The Hall–Kier alpha value is -2.11. The third-order valence-electron chi connectivity index (χ3n) is 5.38. The molecule has 2 fully saturated rings. The molecular weight excluding hydrogens is 325 g/mol. The molecule has 1 aliphatic heterocycles. The topological polar surface area (TPSA) is 66.8 Å². The van der Waals surface area contributed by atoms with E-state index in [0.717, 1.165) is 31.2 Å². The molecule has 0 spiro atoms. The van der Waals surface area contributed by atoms with Gasteiger partial charge in [0.1, 0.15) is 11.6 Å². The molecule has 136 valence electrons. The van der Waals surface area contributed by atoms with Crippen LogP contribution in [0.25, 0.3) is 0 Å². The maximum absolute atomic E-state index is 13.8. The third-order valence-corrected chi connectivity index (χ3v) is 5.38. The van der Waals surface area contributed by atoms with E-state index in [4.69, 9.17) is 9.84 Å². The summed E-state index contributed by atoms with van der Waals surface area (Å²) in [5.41, 5.74) is 0.513. The molecule has 1 atom stereocenters. The summed E-state index contributed by atoms with van der Waals surface area (Å²) in [7, 11) is 1.51. The highest BCUT2D eigenvalue weighted by molar-refractivity contribution is 5.79. The molecular formula is C19H24FNO4. The number of carbonyl (C=O) groups excluding carboxylic acids is 1. The van der Waals surface area contributed by atoms with Crippen LogP contribution in [-0.4, -0.2) is 42.1 Å². The van der Waals surface area contributed by atoms with Crippen LogP contribution in [0.4, 0.5) is 4.39 Å². The van der Waals surface area contributed by atoms with Crippen LogP contribution in [0.2, 0.25) is 0 Å². The Morgan fingerprint density at radius 1 is 1.32 bits per heavy atom. The monoisotopic (exact) mass is 349 g/mol. The second-order valence-electron chi connectivity index (χ2n) is 7.35. The normalized spacial score (nSPS) is 21.7. The van der Waals surface area contributed by atoms with E-state index in [1.807, 2.05) is 11.0 Å². The first-order chi connectivity index (χ1) is 11.9. The van der Waals surface area contributed by atoms with Crippen LogP contribution in [0.5, 0.6) is 5.75 Å². The summed E-state index contributed by atoms with van der Waals surface area (Å²) in [5, 5.41) is 9.01. The van der Waals surface area contributed by atoms with Gasteiger partial charge in [0.25, 0.3) is 0 Å². The average Bonchev–Trinajstić information content (AvgIpc) is 3.32. The van der Waals surface area contributed by atoms with Crippen molar-refractivity contribution in [3.05, 3.63) is 29.6 Å². The number of carbonyl (C=O) groups is 2. The quantitative estimate of drug-likeness (QED) is 0.856. The van der Waals surface area contributed by atoms with Gasteiger partial charge in [0.05, 0.1) is 13.5 Å². The van der Waals surface area contributed by atoms with Crippen molar-refractivity contribution in [2.45, 2.75) is 44.4 Å². The van der Waals surface area contributed by atoms with E-state index in [0.29, 0.717) is 25.3 Å². The van der Waals surface area contributed by atoms with Crippen LogP contribution in [-0.2, 0) is 9.59 Å². The minimum absolute atomic E-state index is 0.0202. The fourth-order valence-corrected chi connectivity index (χ4v) is 3.76. The molecule has 1 saturated carbocycles. The molecule has 1 heterocycles. The molecule has 3 rings (SSSR count). The lowest BCUT2D eigenvalue weighted by atomic mass is 9.89. The summed E-state index contributed by atoms with van der Waals surface area (Å²) in [6.07, 6.45) is 3.75. The molecule has 1 aromatic rings. The number of carboxylic acid groups (broad SMARTS) is 1. The van der Waals surface area contributed by atoms with Gasteiger partial charge in [0, 0.05) is 31.5 Å². The number of methoxy groups -OCH3 is 1. The van der Waals surface area contributed by atoms with Gasteiger partial charge in [-0.15, -0.1) is 0 Å². The highest BCUT2D eigenvalue weighted by Crippen LogP contribution is 2.52. The molecule has 1 saturated heterocycles. The molecule has 1 amide bonds. The molecule has 1 unspecified atom stereocenters. The van der Waals surface area contributed by atoms with Gasteiger partial charge in [-0.2, -0.15) is 0 Å². The summed E-state index contributed by atoms with van der Waals surface area (Å²) >= 11 is 0. The second-order valence-corrected chi connectivity index (χ2v) is 7.35. The number of halogens is 1. The first kappa shape index (κ1) is 17.7. The highest BCUT2D eigenvalue weighted by Gasteiger charge is 2.46. The fraction of sp³-hybridized carbons (Fsp3) is 0.579. The molecule has 0 bridgehead atoms. The molecule has 0 radical (unpaired) electrons. The number of benzene rings is 1. The number of aliphatic carboxylic acids is 1. The molecule has 5 nitrogen and oxygen atoms in total. The number of piperidine rings is 1. The predicted octanol–water partition coefficient (Wildman–Crippen LogP) is 3.19. The van der Waals surface area contributed by atoms with E-state index in [-0.39, 0.29) is 29.5 Å². The predicted molar refractivity (Wildman–Crippen MR) is 90.0 cm³/mol. The smallest absolute Gasteiger partial charge is 0.303 e. The van der Waals surface area contributed by atoms with Crippen molar-refractivity contribution < 1.29 is 23.8 Å². The van der Waals surface area contributed by atoms with Crippen molar-refractivity contribution in [2.24, 2.45) is 5.41 Å². The van der Waals surface area contributed by atoms with Crippen molar-refractivity contribution in [1.29, 1.82) is 0 Å². The molecule has 0 aromatic heterocycles. The van der Waals surface area contributed by atoms with E-state index in [9.17, 15) is 14.0 Å². The zero-order valence-corrected chi connectivity index (χ0v) is 14.5. The zero-order chi connectivity index (χ0) is 18.0. The first-order valence-corrected chi connectivity index (χ1v) is 8.75. The minimum Gasteiger partial charge on any atom is -0.497 e. The Kier molecular flexibility index (Phi) is 4.97. The van der Waals surface area contributed by atoms with E-state index >= 15 is 0 Å². The molecule has 2 aliphatic rings. The van der Waals surface area contributed by atoms with Gasteiger partial charge in [-0.25, -0.2) is 4.39 Å². The lowest BCUT2D eigenvalue weighted by molar-refractivity contribution is -0.139. The Balaban J connectivity index is 1.66. The fourth-order valence-electron chi connectivity index (χ4n) is 3.76. The minimum atomic E-state index is -0.839. The third kappa shape index (κ3) is 4.30. The number of carboxylic acids is 1. The number of likely N-dealkylation sites (tertiary alicyclic amines) is 1. The molecule has 25 heavy (non-hydrogen) atoms. The van der Waals surface area contributed by atoms with Gasteiger partial charge in [-0.05, 0) is 48.8 Å². The first-order valence-electron chi connectivity index (χ1n) is 8.75. The number of amides is 1. The van der Waals surface area contributed by atoms with Gasteiger partial charge in [0.15, 0.2) is 0 Å². The number of nitrogens with zero attached hydrogens (tertiary/aromatic N) is 1. The van der Waals surface area contributed by atoms with Crippen LogP contribution in [0.1, 0.15) is 50.0 Å². The van der Waals surface area contributed by atoms with Crippen molar-refractivity contribution in [3.63, 3.8) is 0 Å². The van der Waals surface area contributed by atoms with Crippen molar-refractivity contribution in [2.75, 3.05) is 20.2 Å². The Bertz CT molecular complexity index is 671. The van der Waals surface area contributed by atoms with Gasteiger partial charge < -0.3 is 14.7 Å². The summed E-state index contributed by atoms with van der Waals surface area (Å²) in [6, 6.07) is 4.68. The largest absolute Gasteiger partial charge is 0.497 e. The lowest BCUT2D eigenvalue weighted by Gasteiger charge is -2.34. The molecule has 1 N–H and O–H groups in total. The Morgan fingerprint density at radius 2 is 2.08 bits per heavy atom. The molecule has 1 aromatic carbocycles. The summed E-state index contributed by atoms with van der Waals surface area (Å²) < 4.78 is 18.9.